The van der Waals surface area contributed by atoms with Crippen molar-refractivity contribution in [2.75, 3.05) is 14.1 Å². The van der Waals surface area contributed by atoms with E-state index in [4.69, 9.17) is 5.10 Å². The second kappa shape index (κ2) is 9.50. The predicted molar refractivity (Wildman–Crippen MR) is 133 cm³/mol. The van der Waals surface area contributed by atoms with E-state index in [-0.39, 0.29) is 5.25 Å². The van der Waals surface area contributed by atoms with Gasteiger partial charge in [-0.15, -0.1) is 11.8 Å². The fourth-order valence-corrected chi connectivity index (χ4v) is 6.34. The number of hydrogen-bond acceptors (Lipinski definition) is 6. The third-order valence-electron chi connectivity index (χ3n) is 6.96. The van der Waals surface area contributed by atoms with Crippen LogP contribution in [0.5, 0.6) is 0 Å². The first-order valence-corrected chi connectivity index (χ1v) is 12.5. The second-order valence-corrected chi connectivity index (χ2v) is 10.5. The topological polar surface area (TPSA) is 86.5 Å². The summed E-state index contributed by atoms with van der Waals surface area (Å²) in [6.45, 7) is 0. The van der Waals surface area contributed by atoms with Gasteiger partial charge in [0.15, 0.2) is 0 Å². The van der Waals surface area contributed by atoms with Crippen LogP contribution in [0.15, 0.2) is 47.8 Å². The van der Waals surface area contributed by atoms with Gasteiger partial charge in [0.05, 0.1) is 40.5 Å². The van der Waals surface area contributed by atoms with Crippen molar-refractivity contribution in [1.29, 1.82) is 10.5 Å². The molecule has 34 heavy (non-hydrogen) atoms. The molecule has 0 spiro atoms. The molecule has 3 aromatic rings. The van der Waals surface area contributed by atoms with Gasteiger partial charge >= 0.3 is 0 Å². The van der Waals surface area contributed by atoms with Gasteiger partial charge in [0, 0.05) is 28.9 Å². The molecule has 0 bridgehead atoms. The first-order valence-electron chi connectivity index (χ1n) is 11.6. The van der Waals surface area contributed by atoms with Gasteiger partial charge in [0.25, 0.3) is 0 Å². The number of benzene rings is 1. The van der Waals surface area contributed by atoms with E-state index in [1.165, 1.54) is 12.8 Å². The third kappa shape index (κ3) is 4.27. The number of thioether (sulfide) groups is 1. The molecular formula is C26H27N7S. The number of allylic oxidation sites excluding steroid dienone is 1. The predicted octanol–water partition coefficient (Wildman–Crippen LogP) is 5.10. The summed E-state index contributed by atoms with van der Waals surface area (Å²) in [6, 6.07) is 13.3. The average molecular weight is 470 g/mol. The zero-order valence-corrected chi connectivity index (χ0v) is 20.2. The number of aromatic nitrogens is 4. The number of hydrogen-bond donors (Lipinski definition) is 0. The highest BCUT2D eigenvalue weighted by Crippen LogP contribution is 2.46. The Morgan fingerprint density at radius 3 is 2.50 bits per heavy atom. The second-order valence-electron chi connectivity index (χ2n) is 9.21. The maximum Gasteiger partial charge on any atom is 0.103 e. The summed E-state index contributed by atoms with van der Waals surface area (Å²) in [4.78, 5) is 3.25. The smallest absolute Gasteiger partial charge is 0.103 e. The van der Waals surface area contributed by atoms with Crippen molar-refractivity contribution >= 4 is 23.5 Å². The zero-order valence-electron chi connectivity index (χ0n) is 19.4. The molecule has 1 aliphatic carbocycles. The summed E-state index contributed by atoms with van der Waals surface area (Å²) in [5.74, 6) is 0. The van der Waals surface area contributed by atoms with E-state index in [2.05, 4.69) is 47.1 Å². The van der Waals surface area contributed by atoms with Crippen molar-refractivity contribution in [1.82, 2.24) is 24.5 Å². The molecule has 2 aromatic heterocycles. The molecule has 5 rings (SSSR count). The lowest BCUT2D eigenvalue weighted by atomic mass is 9.90. The van der Waals surface area contributed by atoms with Crippen LogP contribution < -0.4 is 0 Å². The molecule has 2 aliphatic rings. The molecule has 3 heterocycles. The maximum absolute atomic E-state index is 9.65. The van der Waals surface area contributed by atoms with E-state index in [1.807, 2.05) is 41.3 Å². The Labute approximate surface area is 204 Å². The highest BCUT2D eigenvalue weighted by atomic mass is 32.2. The number of fused-ring (bicyclic) bond motifs is 1. The van der Waals surface area contributed by atoms with Crippen LogP contribution in [0.4, 0.5) is 0 Å². The molecule has 0 saturated heterocycles. The summed E-state index contributed by atoms with van der Waals surface area (Å²) in [5.41, 5.74) is 4.34. The normalized spacial score (nSPS) is 22.0. The van der Waals surface area contributed by atoms with Crippen LogP contribution in [0.1, 0.15) is 65.8 Å². The molecule has 1 aromatic carbocycles. The van der Waals surface area contributed by atoms with Crippen LogP contribution in [-0.2, 0) is 0 Å². The van der Waals surface area contributed by atoms with Crippen LogP contribution in [0.3, 0.4) is 0 Å². The van der Waals surface area contributed by atoms with E-state index in [9.17, 15) is 10.5 Å². The molecule has 1 fully saturated rings. The number of nitrogens with zero attached hydrogens (tertiary/aromatic N) is 7. The summed E-state index contributed by atoms with van der Waals surface area (Å²) in [5, 5.41) is 28.4. The van der Waals surface area contributed by atoms with Gasteiger partial charge in [0.2, 0.25) is 0 Å². The van der Waals surface area contributed by atoms with Gasteiger partial charge in [-0.3, -0.25) is 4.68 Å². The molecule has 1 unspecified atom stereocenters. The van der Waals surface area contributed by atoms with E-state index in [0.29, 0.717) is 23.2 Å². The van der Waals surface area contributed by atoms with E-state index in [0.717, 1.165) is 41.0 Å². The standard InChI is InChI=1S/C26H27N7S/c1-31(2)22-7-9-23(10-8-22)32-17-21(15-29-32)19-11-25(26-20(13-28)14-30-33(26)16-19)34-24-6-4-3-5-18(24)12-27/h3-6,14-17,22-23,25H,7-11H2,1-2H3/t22-,23+,25?. The minimum Gasteiger partial charge on any atom is -0.306 e. The Bertz CT molecular complexity index is 1300. The van der Waals surface area contributed by atoms with Crippen LogP contribution in [0.25, 0.3) is 11.8 Å². The van der Waals surface area contributed by atoms with Gasteiger partial charge in [0.1, 0.15) is 12.1 Å². The van der Waals surface area contributed by atoms with E-state index in [1.54, 1.807) is 18.0 Å². The van der Waals surface area contributed by atoms with Crippen molar-refractivity contribution < 1.29 is 0 Å². The molecule has 7 nitrogen and oxygen atoms in total. The SMILES string of the molecule is CN(C)[C@H]1CC[C@@H](n2cc(C3=Cn4ncc(C#N)c4C(Sc4ccccc4C#N)C3)cn2)CC1. The molecule has 0 N–H and O–H groups in total. The highest BCUT2D eigenvalue weighted by Gasteiger charge is 2.29. The quantitative estimate of drug-likeness (QED) is 0.516. The molecule has 1 aliphatic heterocycles. The molecular weight excluding hydrogens is 442 g/mol. The third-order valence-corrected chi connectivity index (χ3v) is 8.25. The summed E-state index contributed by atoms with van der Waals surface area (Å²) < 4.78 is 3.96. The first kappa shape index (κ1) is 22.5. The molecule has 172 valence electrons. The highest BCUT2D eigenvalue weighted by molar-refractivity contribution is 7.99. The molecule has 0 radical (unpaired) electrons. The first-order chi connectivity index (χ1) is 16.6. The van der Waals surface area contributed by atoms with Gasteiger partial charge in [-0.05, 0) is 63.9 Å². The monoisotopic (exact) mass is 469 g/mol. The lowest BCUT2D eigenvalue weighted by molar-refractivity contribution is 0.189. The minimum absolute atomic E-state index is 0.0227. The largest absolute Gasteiger partial charge is 0.306 e. The summed E-state index contributed by atoms with van der Waals surface area (Å²) in [6.07, 6.45) is 13.2. The average Bonchev–Trinajstić information content (AvgIpc) is 3.52. The minimum atomic E-state index is -0.0227. The summed E-state index contributed by atoms with van der Waals surface area (Å²) >= 11 is 1.62. The van der Waals surface area contributed by atoms with Crippen molar-refractivity contribution in [3.63, 3.8) is 0 Å². The van der Waals surface area contributed by atoms with E-state index >= 15 is 0 Å². The van der Waals surface area contributed by atoms with Crippen LogP contribution in [-0.4, -0.2) is 44.6 Å². The van der Waals surface area contributed by atoms with Gasteiger partial charge < -0.3 is 4.90 Å². The number of nitriles is 2. The lowest BCUT2D eigenvalue weighted by Gasteiger charge is -2.32. The van der Waals surface area contributed by atoms with E-state index < -0.39 is 0 Å². The number of rotatable bonds is 5. The molecule has 1 saturated carbocycles. The van der Waals surface area contributed by atoms with Gasteiger partial charge in [-0.2, -0.15) is 20.7 Å². The fraction of sp³-hybridized carbons (Fsp3) is 0.385. The Kier molecular flexibility index (Phi) is 6.28. The Morgan fingerprint density at radius 1 is 1.00 bits per heavy atom. The van der Waals surface area contributed by atoms with Crippen molar-refractivity contribution in [2.45, 2.75) is 54.3 Å². The summed E-state index contributed by atoms with van der Waals surface area (Å²) in [7, 11) is 4.33. The molecule has 8 heteroatoms. The maximum atomic E-state index is 9.65. The zero-order chi connectivity index (χ0) is 23.7. The Morgan fingerprint density at radius 2 is 1.76 bits per heavy atom. The lowest BCUT2D eigenvalue weighted by Crippen LogP contribution is -2.32. The van der Waals surface area contributed by atoms with Crippen molar-refractivity contribution in [2.24, 2.45) is 0 Å². The van der Waals surface area contributed by atoms with Gasteiger partial charge in [-0.1, -0.05) is 12.1 Å². The Hall–Kier alpha value is -3.33. The van der Waals surface area contributed by atoms with Gasteiger partial charge in [-0.25, -0.2) is 4.68 Å². The molecule has 0 amide bonds. The van der Waals surface area contributed by atoms with Crippen LogP contribution in [0, 0.1) is 22.7 Å². The van der Waals surface area contributed by atoms with Crippen LogP contribution >= 0.6 is 11.8 Å². The Balaban J connectivity index is 1.41. The fourth-order valence-electron chi connectivity index (χ4n) is 5.03. The molecule has 1 atom stereocenters. The van der Waals surface area contributed by atoms with Crippen LogP contribution in [0.2, 0.25) is 0 Å². The van der Waals surface area contributed by atoms with Crippen molar-refractivity contribution in [3.8, 4) is 12.1 Å². The van der Waals surface area contributed by atoms with Crippen molar-refractivity contribution in [3.05, 3.63) is 65.2 Å².